The number of alkyl halides is 2. The summed E-state index contributed by atoms with van der Waals surface area (Å²) in [5.74, 6) is -0.0562. The van der Waals surface area contributed by atoms with E-state index in [1.807, 2.05) is 17.0 Å². The minimum Gasteiger partial charge on any atom is -0.493 e. The third kappa shape index (κ3) is 6.48. The first-order valence-corrected chi connectivity index (χ1v) is 14.9. The molecule has 214 valence electrons. The van der Waals surface area contributed by atoms with Crippen LogP contribution in [0.1, 0.15) is 57.8 Å². The van der Waals surface area contributed by atoms with E-state index in [2.05, 4.69) is 15.1 Å². The molecule has 1 saturated carbocycles. The zero-order valence-electron chi connectivity index (χ0n) is 23.1. The molecule has 0 spiro atoms. The molecule has 0 amide bonds. The third-order valence-corrected chi connectivity index (χ3v) is 8.76. The van der Waals surface area contributed by atoms with Crippen LogP contribution in [0.15, 0.2) is 12.1 Å². The lowest BCUT2D eigenvalue weighted by atomic mass is 10.0. The van der Waals surface area contributed by atoms with E-state index in [0.29, 0.717) is 30.1 Å². The van der Waals surface area contributed by atoms with Crippen LogP contribution < -0.4 is 19.7 Å². The average molecular weight is 545 g/mol. The summed E-state index contributed by atoms with van der Waals surface area (Å²) in [5, 5.41) is 4.57. The Bertz CT molecular complexity index is 1120. The number of aromatic nitrogens is 2. The van der Waals surface area contributed by atoms with E-state index in [4.69, 9.17) is 19.4 Å². The van der Waals surface area contributed by atoms with Crippen molar-refractivity contribution < 1.29 is 18.3 Å². The first-order valence-electron chi connectivity index (χ1n) is 14.9. The van der Waals surface area contributed by atoms with Crippen molar-refractivity contribution in [1.82, 2.24) is 19.8 Å². The highest BCUT2D eigenvalue weighted by Crippen LogP contribution is 2.37. The van der Waals surface area contributed by atoms with Gasteiger partial charge in [-0.25, -0.2) is 13.8 Å². The first kappa shape index (κ1) is 26.7. The topological polar surface area (TPSA) is 66.0 Å². The van der Waals surface area contributed by atoms with Crippen molar-refractivity contribution in [2.45, 2.75) is 75.8 Å². The second-order valence-electron chi connectivity index (χ2n) is 11.7. The van der Waals surface area contributed by atoms with E-state index in [0.717, 1.165) is 61.7 Å². The fraction of sp³-hybridized carbons (Fsp3) is 0.724. The Balaban J connectivity index is 1.23. The van der Waals surface area contributed by atoms with Crippen LogP contribution in [0.3, 0.4) is 0 Å². The Kier molecular flexibility index (Phi) is 7.93. The summed E-state index contributed by atoms with van der Waals surface area (Å²) in [5.41, 5.74) is 0.741. The molecule has 10 heteroatoms. The molecule has 0 unspecified atom stereocenters. The van der Waals surface area contributed by atoms with Crippen molar-refractivity contribution in [3.05, 3.63) is 12.1 Å². The molecule has 4 heterocycles. The van der Waals surface area contributed by atoms with Gasteiger partial charge in [-0.1, -0.05) is 0 Å². The molecule has 4 fully saturated rings. The molecule has 1 aromatic carbocycles. The Hall–Kier alpha value is -2.46. The fourth-order valence-corrected chi connectivity index (χ4v) is 6.20. The van der Waals surface area contributed by atoms with Gasteiger partial charge in [0.25, 0.3) is 5.92 Å². The molecule has 0 radical (unpaired) electrons. The van der Waals surface area contributed by atoms with Crippen LogP contribution in [0.25, 0.3) is 10.9 Å². The van der Waals surface area contributed by atoms with E-state index in [9.17, 15) is 8.78 Å². The number of rotatable bonds is 10. The molecule has 2 aromatic rings. The number of hydrogen-bond acceptors (Lipinski definition) is 8. The molecule has 1 aromatic heterocycles. The number of methoxy groups -OCH3 is 1. The second-order valence-corrected chi connectivity index (χ2v) is 11.7. The van der Waals surface area contributed by atoms with Gasteiger partial charge < -0.3 is 29.5 Å². The molecule has 6 rings (SSSR count). The van der Waals surface area contributed by atoms with Crippen LogP contribution in [0.2, 0.25) is 0 Å². The van der Waals surface area contributed by atoms with E-state index in [1.165, 1.54) is 38.8 Å². The monoisotopic (exact) mass is 544 g/mol. The van der Waals surface area contributed by atoms with Crippen LogP contribution in [0.5, 0.6) is 11.5 Å². The lowest BCUT2D eigenvalue weighted by molar-refractivity contribution is -0.0222. The number of halogens is 2. The van der Waals surface area contributed by atoms with Gasteiger partial charge in [-0.3, -0.25) is 0 Å². The van der Waals surface area contributed by atoms with E-state index < -0.39 is 5.92 Å². The third-order valence-electron chi connectivity index (χ3n) is 8.76. The highest BCUT2D eigenvalue weighted by molar-refractivity contribution is 5.93. The van der Waals surface area contributed by atoms with Gasteiger partial charge in [0.2, 0.25) is 5.95 Å². The normalized spacial score (nSPS) is 22.9. The van der Waals surface area contributed by atoms with Gasteiger partial charge in [0.1, 0.15) is 5.82 Å². The van der Waals surface area contributed by atoms with Crippen molar-refractivity contribution in [3.8, 4) is 11.5 Å². The molecule has 1 N–H and O–H groups in total. The summed E-state index contributed by atoms with van der Waals surface area (Å²) in [7, 11) is 1.65. The number of anilines is 2. The van der Waals surface area contributed by atoms with Gasteiger partial charge in [-0.2, -0.15) is 4.98 Å². The number of likely N-dealkylation sites (tertiary alicyclic amines) is 2. The Morgan fingerprint density at radius 1 is 0.949 bits per heavy atom. The zero-order valence-corrected chi connectivity index (χ0v) is 23.1. The summed E-state index contributed by atoms with van der Waals surface area (Å²) in [6.45, 7) is 6.67. The Morgan fingerprint density at radius 2 is 1.69 bits per heavy atom. The van der Waals surface area contributed by atoms with Crippen molar-refractivity contribution in [2.75, 3.05) is 69.7 Å². The average Bonchev–Trinajstić information content (AvgIpc) is 3.66. The minimum atomic E-state index is -2.62. The SMILES string of the molecule is COc1cc2c(NC3CCN(C4CC4)CC3)nc(N3CCC(F)(F)CC3)nc2cc1OCCCN1CCCC1. The van der Waals surface area contributed by atoms with Gasteiger partial charge in [0.05, 0.1) is 19.2 Å². The number of nitrogens with zero attached hydrogens (tertiary/aromatic N) is 5. The summed E-state index contributed by atoms with van der Waals surface area (Å²) in [6, 6.07) is 4.98. The van der Waals surface area contributed by atoms with Crippen molar-refractivity contribution in [1.29, 1.82) is 0 Å². The van der Waals surface area contributed by atoms with E-state index in [-0.39, 0.29) is 25.9 Å². The van der Waals surface area contributed by atoms with Crippen LogP contribution in [0.4, 0.5) is 20.5 Å². The molecule has 39 heavy (non-hydrogen) atoms. The van der Waals surface area contributed by atoms with Crippen LogP contribution in [0, 0.1) is 0 Å². The zero-order chi connectivity index (χ0) is 26.8. The number of hydrogen-bond donors (Lipinski definition) is 1. The standard InChI is InChI=1S/C29H42F2N6O2/c1-38-25-19-23-24(20-26(25)39-18-4-13-35-11-2-3-12-35)33-28(37-16-9-29(30,31)10-17-37)34-27(23)32-21-7-14-36(15-8-21)22-5-6-22/h19-22H,2-18H2,1H3,(H,32,33,34). The molecule has 0 atom stereocenters. The maximum absolute atomic E-state index is 13.9. The van der Waals surface area contributed by atoms with Gasteiger partial charge >= 0.3 is 0 Å². The quantitative estimate of drug-likeness (QED) is 0.429. The van der Waals surface area contributed by atoms with Gasteiger partial charge in [-0.15, -0.1) is 0 Å². The molecule has 8 nitrogen and oxygen atoms in total. The summed E-state index contributed by atoms with van der Waals surface area (Å²) >= 11 is 0. The van der Waals surface area contributed by atoms with Gasteiger partial charge in [0.15, 0.2) is 11.5 Å². The predicted molar refractivity (Wildman–Crippen MR) is 150 cm³/mol. The highest BCUT2D eigenvalue weighted by Gasteiger charge is 2.35. The molecule has 1 aliphatic carbocycles. The predicted octanol–water partition coefficient (Wildman–Crippen LogP) is 4.78. The van der Waals surface area contributed by atoms with Crippen LogP contribution in [-0.2, 0) is 0 Å². The summed E-state index contributed by atoms with van der Waals surface area (Å²) in [4.78, 5) is 16.7. The van der Waals surface area contributed by atoms with E-state index >= 15 is 0 Å². The van der Waals surface area contributed by atoms with Gasteiger partial charge in [0, 0.05) is 69.1 Å². The fourth-order valence-electron chi connectivity index (χ4n) is 6.20. The van der Waals surface area contributed by atoms with Crippen molar-refractivity contribution >= 4 is 22.7 Å². The highest BCUT2D eigenvalue weighted by atomic mass is 19.3. The molecule has 3 aliphatic heterocycles. The van der Waals surface area contributed by atoms with Crippen LogP contribution in [-0.4, -0.2) is 97.3 Å². The number of fused-ring (bicyclic) bond motifs is 1. The first-order chi connectivity index (χ1) is 19.0. The second kappa shape index (κ2) is 11.6. The van der Waals surface area contributed by atoms with Crippen molar-refractivity contribution in [3.63, 3.8) is 0 Å². The Labute approximate surface area is 230 Å². The molecular weight excluding hydrogens is 502 g/mol. The minimum absolute atomic E-state index is 0.176. The van der Waals surface area contributed by atoms with E-state index in [1.54, 1.807) is 7.11 Å². The maximum Gasteiger partial charge on any atom is 0.251 e. The number of ether oxygens (including phenoxy) is 2. The summed E-state index contributed by atoms with van der Waals surface area (Å²) < 4.78 is 39.7. The largest absolute Gasteiger partial charge is 0.493 e. The molecule has 3 saturated heterocycles. The number of benzene rings is 1. The Morgan fingerprint density at radius 3 is 2.38 bits per heavy atom. The number of piperidine rings is 2. The van der Waals surface area contributed by atoms with Gasteiger partial charge in [-0.05, 0) is 64.1 Å². The molecule has 0 bridgehead atoms. The van der Waals surface area contributed by atoms with Crippen LogP contribution >= 0.6 is 0 Å². The maximum atomic E-state index is 13.9. The lowest BCUT2D eigenvalue weighted by Crippen LogP contribution is -2.41. The smallest absolute Gasteiger partial charge is 0.251 e. The molecule has 4 aliphatic rings. The lowest BCUT2D eigenvalue weighted by Gasteiger charge is -2.34. The summed E-state index contributed by atoms with van der Waals surface area (Å²) in [6.07, 6.45) is 7.94. The van der Waals surface area contributed by atoms with Crippen molar-refractivity contribution in [2.24, 2.45) is 0 Å². The number of nitrogens with one attached hydrogen (secondary N) is 1. The molecular formula is C29H42F2N6O2.